The maximum atomic E-state index is 11.1. The molecular formula is C29H44N2O8. The first-order valence-corrected chi connectivity index (χ1v) is 13.4. The number of aliphatic hydroxyl groups is 1. The molecule has 1 aliphatic carbocycles. The zero-order valence-electron chi connectivity index (χ0n) is 21.3. The molecule has 6 rings (SSSR count). The molecule has 218 valence electrons. The molecule has 10 heteroatoms. The van der Waals surface area contributed by atoms with Gasteiger partial charge in [-0.05, 0) is 31.8 Å². The number of ether oxygens (including phenoxy) is 6. The van der Waals surface area contributed by atoms with Crippen LogP contribution in [0.15, 0.2) is 12.2 Å². The highest BCUT2D eigenvalue weighted by atomic mass is 16.7. The second-order valence-electron chi connectivity index (χ2n) is 10.9. The van der Waals surface area contributed by atoms with E-state index >= 15 is 0 Å². The standard InChI is InChI=1S/C15H19NO4.C12H17NO4.2CH4/c1-10(17)18-12-5-7-15-9-13(12)19-14(15)4-3-11(20-15)6-8-16-2;1-13-5-4-8-2-3-10-12(17-8)6-9(16-10)11(14)15-7-12;;/h5,7,11-14H,3-4,6,8-9H2,1H3;8-11,14H,2-7H2;2*1H4/t11-,12-,13-,14+,15+;8-,9-,10+,11?,12-;;/m11../s1. The minimum atomic E-state index is -0.809. The number of nitrogens with zero attached hydrogens (tertiary/aromatic N) is 2. The lowest BCUT2D eigenvalue weighted by Gasteiger charge is -2.42. The zero-order chi connectivity index (χ0) is 26.0. The zero-order valence-corrected chi connectivity index (χ0v) is 21.3. The largest absolute Gasteiger partial charge is 0.456 e. The molecule has 0 radical (unpaired) electrons. The molecule has 10 nitrogen and oxygen atoms in total. The molecule has 2 spiro atoms. The van der Waals surface area contributed by atoms with Crippen molar-refractivity contribution in [1.29, 1.82) is 0 Å². The lowest BCUT2D eigenvalue weighted by Crippen LogP contribution is -2.54. The van der Waals surface area contributed by atoms with E-state index in [4.69, 9.17) is 41.6 Å². The molecule has 0 aromatic carbocycles. The van der Waals surface area contributed by atoms with Gasteiger partial charge in [0.15, 0.2) is 6.29 Å². The Labute approximate surface area is 232 Å². The Morgan fingerprint density at radius 3 is 2.28 bits per heavy atom. The Hall–Kier alpha value is -2.05. The van der Waals surface area contributed by atoms with E-state index in [-0.39, 0.29) is 74.8 Å². The van der Waals surface area contributed by atoms with Crippen molar-refractivity contribution in [3.63, 3.8) is 0 Å². The van der Waals surface area contributed by atoms with E-state index in [1.807, 2.05) is 12.2 Å². The number of aliphatic hydroxyl groups excluding tert-OH is 1. The lowest BCUT2D eigenvalue weighted by molar-refractivity contribution is -0.222. The van der Waals surface area contributed by atoms with Crippen LogP contribution in [0.25, 0.3) is 9.69 Å². The second kappa shape index (κ2) is 13.1. The molecule has 0 aromatic rings. The summed E-state index contributed by atoms with van der Waals surface area (Å²) in [4.78, 5) is 17.9. The van der Waals surface area contributed by atoms with Crippen molar-refractivity contribution in [1.82, 2.24) is 0 Å². The Balaban J connectivity index is 0.000000207. The fraction of sp³-hybridized carbons (Fsp3) is 0.828. The molecule has 5 aliphatic heterocycles. The monoisotopic (exact) mass is 548 g/mol. The second-order valence-corrected chi connectivity index (χ2v) is 10.9. The van der Waals surface area contributed by atoms with Crippen LogP contribution in [0.4, 0.5) is 0 Å². The Morgan fingerprint density at radius 2 is 1.62 bits per heavy atom. The van der Waals surface area contributed by atoms with Gasteiger partial charge in [-0.1, -0.05) is 20.9 Å². The molecule has 10 atom stereocenters. The van der Waals surface area contributed by atoms with Gasteiger partial charge in [0.1, 0.15) is 29.5 Å². The van der Waals surface area contributed by atoms with Gasteiger partial charge in [-0.3, -0.25) is 4.79 Å². The summed E-state index contributed by atoms with van der Waals surface area (Å²) in [5.74, 6) is -0.287. The molecule has 5 saturated heterocycles. The quantitative estimate of drug-likeness (QED) is 0.314. The van der Waals surface area contributed by atoms with Gasteiger partial charge in [-0.2, -0.15) is 0 Å². The Kier molecular flexibility index (Phi) is 10.6. The van der Waals surface area contributed by atoms with Gasteiger partial charge in [0.25, 0.3) is 0 Å². The first-order chi connectivity index (χ1) is 17.9. The van der Waals surface area contributed by atoms with E-state index in [2.05, 4.69) is 9.69 Å². The lowest BCUT2D eigenvalue weighted by atomic mass is 9.82. The fourth-order valence-electron chi connectivity index (χ4n) is 6.61. The molecule has 0 aromatic heterocycles. The van der Waals surface area contributed by atoms with Crippen LogP contribution < -0.4 is 0 Å². The normalized spacial score (nSPS) is 42.6. The molecule has 1 N–H and O–H groups in total. The van der Waals surface area contributed by atoms with E-state index < -0.39 is 6.29 Å². The number of rotatable bonds is 5. The van der Waals surface area contributed by atoms with Gasteiger partial charge < -0.3 is 43.2 Å². The highest BCUT2D eigenvalue weighted by Crippen LogP contribution is 2.48. The SMILES string of the molecule is C.C.[C-]#[N+]CC[C@H]1CC[C@@H]2O[C@@H]3C[C@]2(C=C[C@H]3OC(C)=O)O1.[C-]#[N+]CC[C@H]1CC[C@@H]2O[C@@H]3C[C@]2(COC3O)O1. The van der Waals surface area contributed by atoms with Crippen LogP contribution in [-0.4, -0.2) is 91.0 Å². The summed E-state index contributed by atoms with van der Waals surface area (Å²) in [7, 11) is 0. The number of carbonyl (C=O) groups excluding carboxylic acids is 1. The van der Waals surface area contributed by atoms with Crippen molar-refractivity contribution in [2.45, 2.75) is 133 Å². The van der Waals surface area contributed by atoms with E-state index in [9.17, 15) is 9.90 Å². The predicted molar refractivity (Wildman–Crippen MR) is 143 cm³/mol. The van der Waals surface area contributed by atoms with Gasteiger partial charge in [0.05, 0.1) is 31.0 Å². The van der Waals surface area contributed by atoms with Crippen molar-refractivity contribution in [3.8, 4) is 0 Å². The molecule has 39 heavy (non-hydrogen) atoms. The van der Waals surface area contributed by atoms with Crippen LogP contribution in [-0.2, 0) is 33.2 Å². The Morgan fingerprint density at radius 1 is 0.974 bits per heavy atom. The van der Waals surface area contributed by atoms with Gasteiger partial charge in [-0.15, -0.1) is 0 Å². The molecule has 0 amide bonds. The van der Waals surface area contributed by atoms with Crippen molar-refractivity contribution in [2.24, 2.45) is 0 Å². The third kappa shape index (κ3) is 6.48. The minimum absolute atomic E-state index is 0. The fourth-order valence-corrected chi connectivity index (χ4v) is 6.61. The summed E-state index contributed by atoms with van der Waals surface area (Å²) < 4.78 is 34.7. The first-order valence-electron chi connectivity index (χ1n) is 13.4. The van der Waals surface area contributed by atoms with Crippen LogP contribution in [0.3, 0.4) is 0 Å². The molecule has 0 saturated carbocycles. The van der Waals surface area contributed by atoms with Gasteiger partial charge in [-0.25, -0.2) is 13.1 Å². The number of hydrogen-bond acceptors (Lipinski definition) is 8. The molecule has 6 aliphatic rings. The summed E-state index contributed by atoms with van der Waals surface area (Å²) in [6.45, 7) is 16.5. The Bertz CT molecular complexity index is 962. The maximum absolute atomic E-state index is 11.1. The minimum Gasteiger partial charge on any atom is -0.456 e. The molecule has 5 heterocycles. The molecule has 5 fully saturated rings. The van der Waals surface area contributed by atoms with Gasteiger partial charge >= 0.3 is 5.97 Å². The first kappa shape index (κ1) is 31.5. The van der Waals surface area contributed by atoms with Crippen LogP contribution in [0.1, 0.15) is 73.1 Å². The third-order valence-electron chi connectivity index (χ3n) is 8.34. The third-order valence-corrected chi connectivity index (χ3v) is 8.34. The van der Waals surface area contributed by atoms with Crippen molar-refractivity contribution in [3.05, 3.63) is 35.0 Å². The van der Waals surface area contributed by atoms with Gasteiger partial charge in [0, 0.05) is 32.6 Å². The van der Waals surface area contributed by atoms with Crippen molar-refractivity contribution >= 4 is 5.97 Å². The maximum Gasteiger partial charge on any atom is 0.303 e. The summed E-state index contributed by atoms with van der Waals surface area (Å²) in [5, 5.41) is 9.60. The molecular weight excluding hydrogens is 504 g/mol. The average Bonchev–Trinajstić information content (AvgIpc) is 3.38. The highest BCUT2D eigenvalue weighted by molar-refractivity contribution is 5.66. The average molecular weight is 549 g/mol. The highest BCUT2D eigenvalue weighted by Gasteiger charge is 2.58. The molecule has 4 bridgehead atoms. The number of carbonyl (C=O) groups is 1. The molecule has 1 unspecified atom stereocenters. The topological polar surface area (TPSA) is 101 Å². The predicted octanol–water partition coefficient (Wildman–Crippen LogP) is 3.86. The summed E-state index contributed by atoms with van der Waals surface area (Å²) in [5.41, 5.74) is -0.735. The number of fused-ring (bicyclic) bond motifs is 2. The summed E-state index contributed by atoms with van der Waals surface area (Å²) in [6, 6.07) is 0. The van der Waals surface area contributed by atoms with Crippen LogP contribution in [0.5, 0.6) is 0 Å². The van der Waals surface area contributed by atoms with E-state index in [1.165, 1.54) is 6.92 Å². The van der Waals surface area contributed by atoms with E-state index in [0.717, 1.165) is 44.9 Å². The van der Waals surface area contributed by atoms with Crippen molar-refractivity contribution < 1.29 is 38.3 Å². The van der Waals surface area contributed by atoms with Gasteiger partial charge in [0.2, 0.25) is 13.1 Å². The van der Waals surface area contributed by atoms with E-state index in [1.54, 1.807) is 0 Å². The van der Waals surface area contributed by atoms with Crippen molar-refractivity contribution in [2.75, 3.05) is 19.7 Å². The summed E-state index contributed by atoms with van der Waals surface area (Å²) >= 11 is 0. The van der Waals surface area contributed by atoms with Crippen LogP contribution in [0, 0.1) is 13.1 Å². The smallest absolute Gasteiger partial charge is 0.303 e. The summed E-state index contributed by atoms with van der Waals surface area (Å²) in [6.07, 6.45) is 9.60. The van der Waals surface area contributed by atoms with Crippen LogP contribution in [0.2, 0.25) is 0 Å². The van der Waals surface area contributed by atoms with Crippen LogP contribution >= 0.6 is 0 Å². The number of hydrogen-bond donors (Lipinski definition) is 1. The van der Waals surface area contributed by atoms with E-state index in [0.29, 0.717) is 26.1 Å². The number of esters is 1.